The molecule has 0 saturated heterocycles. The van der Waals surface area contributed by atoms with Crippen molar-refractivity contribution in [2.24, 2.45) is 0 Å². The van der Waals surface area contributed by atoms with Crippen molar-refractivity contribution in [2.45, 2.75) is 13.5 Å². The second-order valence-electron chi connectivity index (χ2n) is 4.49. The highest BCUT2D eigenvalue weighted by Crippen LogP contribution is 2.24. The normalized spacial score (nSPS) is 10.5. The van der Waals surface area contributed by atoms with Gasteiger partial charge in [0.1, 0.15) is 24.3 Å². The van der Waals surface area contributed by atoms with Crippen LogP contribution < -0.4 is 4.74 Å². The lowest BCUT2D eigenvalue weighted by atomic mass is 10.1. The predicted molar refractivity (Wildman–Crippen MR) is 80.6 cm³/mol. The number of Topliss-reactive ketones (excluding diaryl/α,β-unsaturated/α-hetero) is 1. The van der Waals surface area contributed by atoms with Crippen LogP contribution in [0.5, 0.6) is 5.75 Å². The molecular weight excluding hydrogens is 286 g/mol. The molecule has 5 heteroatoms. The lowest BCUT2D eigenvalue weighted by Crippen LogP contribution is -1.98. The summed E-state index contributed by atoms with van der Waals surface area (Å²) < 4.78 is 11.1. The minimum absolute atomic E-state index is 0.0156. The monoisotopic (exact) mass is 299 g/mol. The molecule has 3 aromatic rings. The van der Waals surface area contributed by atoms with E-state index in [1.807, 2.05) is 23.6 Å². The van der Waals surface area contributed by atoms with Gasteiger partial charge in [-0.2, -0.15) is 0 Å². The first-order valence-electron chi connectivity index (χ1n) is 6.44. The van der Waals surface area contributed by atoms with E-state index in [1.165, 1.54) is 6.92 Å². The molecular formula is C16H13NO3S. The molecule has 106 valence electrons. The summed E-state index contributed by atoms with van der Waals surface area (Å²) >= 11 is 1.57. The highest BCUT2D eigenvalue weighted by atomic mass is 32.1. The molecule has 0 amide bonds. The van der Waals surface area contributed by atoms with Gasteiger partial charge in [0.15, 0.2) is 5.78 Å². The number of carbonyl (C=O) groups is 1. The van der Waals surface area contributed by atoms with Gasteiger partial charge in [-0.3, -0.25) is 4.79 Å². The number of benzene rings is 1. The van der Waals surface area contributed by atoms with E-state index >= 15 is 0 Å². The minimum Gasteiger partial charge on any atom is -0.487 e. The number of hydrogen-bond acceptors (Lipinski definition) is 5. The summed E-state index contributed by atoms with van der Waals surface area (Å²) in [4.78, 5) is 16.7. The zero-order valence-electron chi connectivity index (χ0n) is 11.4. The van der Waals surface area contributed by atoms with Crippen molar-refractivity contribution in [1.29, 1.82) is 0 Å². The first-order chi connectivity index (χ1) is 10.2. The van der Waals surface area contributed by atoms with Crippen molar-refractivity contribution in [3.05, 3.63) is 59.3 Å². The maximum atomic E-state index is 11.3. The molecule has 0 fully saturated rings. The maximum Gasteiger partial charge on any atom is 0.236 e. The number of carbonyl (C=O) groups excluding carboxylic acids is 1. The number of ether oxygens (including phenoxy) is 1. The molecule has 0 bridgehead atoms. The first kappa shape index (κ1) is 13.6. The third kappa shape index (κ3) is 3.20. The Kier molecular flexibility index (Phi) is 3.83. The third-order valence-electron chi connectivity index (χ3n) is 2.91. The van der Waals surface area contributed by atoms with E-state index in [4.69, 9.17) is 9.15 Å². The molecule has 3 rings (SSSR count). The summed E-state index contributed by atoms with van der Waals surface area (Å²) in [6, 6.07) is 11.0. The summed E-state index contributed by atoms with van der Waals surface area (Å²) in [7, 11) is 0. The lowest BCUT2D eigenvalue weighted by Gasteiger charge is -2.04. The Morgan fingerprint density at radius 2 is 2.24 bits per heavy atom. The van der Waals surface area contributed by atoms with E-state index in [9.17, 15) is 4.79 Å². The van der Waals surface area contributed by atoms with Gasteiger partial charge < -0.3 is 9.15 Å². The van der Waals surface area contributed by atoms with E-state index in [-0.39, 0.29) is 5.78 Å². The molecule has 2 heterocycles. The molecule has 0 aliphatic carbocycles. The second kappa shape index (κ2) is 5.93. The zero-order chi connectivity index (χ0) is 14.7. The van der Waals surface area contributed by atoms with E-state index < -0.39 is 0 Å². The van der Waals surface area contributed by atoms with Gasteiger partial charge in [-0.1, -0.05) is 18.2 Å². The molecule has 0 radical (unpaired) electrons. The fourth-order valence-corrected chi connectivity index (χ4v) is 2.50. The van der Waals surface area contributed by atoms with Gasteiger partial charge in [-0.25, -0.2) is 4.98 Å². The van der Waals surface area contributed by atoms with Crippen LogP contribution in [-0.2, 0) is 6.61 Å². The Bertz CT molecular complexity index is 746. The molecule has 1 aromatic carbocycles. The summed E-state index contributed by atoms with van der Waals surface area (Å²) in [6.45, 7) is 1.83. The molecule has 4 nitrogen and oxygen atoms in total. The smallest absolute Gasteiger partial charge is 0.236 e. The van der Waals surface area contributed by atoms with Crippen LogP contribution in [0.2, 0.25) is 0 Å². The summed E-state index contributed by atoms with van der Waals surface area (Å²) in [5.41, 5.74) is 1.35. The molecule has 0 aliphatic rings. The molecule has 0 spiro atoms. The number of oxazole rings is 1. The Labute approximate surface area is 126 Å². The van der Waals surface area contributed by atoms with Gasteiger partial charge in [0.05, 0.1) is 4.88 Å². The van der Waals surface area contributed by atoms with Crippen LogP contribution in [0.25, 0.3) is 10.8 Å². The molecule has 2 aromatic heterocycles. The Morgan fingerprint density at radius 1 is 1.33 bits per heavy atom. The van der Waals surface area contributed by atoms with Gasteiger partial charge in [-0.15, -0.1) is 11.3 Å². The average molecular weight is 299 g/mol. The van der Waals surface area contributed by atoms with Crippen molar-refractivity contribution >= 4 is 17.1 Å². The Hall–Kier alpha value is -2.40. The van der Waals surface area contributed by atoms with Crippen LogP contribution in [0.4, 0.5) is 0 Å². The molecule has 0 N–H and O–H groups in total. The van der Waals surface area contributed by atoms with Gasteiger partial charge in [0.25, 0.3) is 0 Å². The molecule has 0 aliphatic heterocycles. The van der Waals surface area contributed by atoms with Gasteiger partial charge in [-0.05, 0) is 30.5 Å². The van der Waals surface area contributed by atoms with Crippen LogP contribution >= 0.6 is 11.3 Å². The molecule has 0 atom stereocenters. The Morgan fingerprint density at radius 3 is 3.00 bits per heavy atom. The SMILES string of the molecule is CC(=O)c1cccc(OCc2coc(-c3cccs3)n2)c1. The predicted octanol–water partition coefficient (Wildman–Crippen LogP) is 4.18. The number of aromatic nitrogens is 1. The van der Waals surface area contributed by atoms with Crippen LogP contribution in [0.3, 0.4) is 0 Å². The van der Waals surface area contributed by atoms with Crippen LogP contribution in [0.1, 0.15) is 23.0 Å². The van der Waals surface area contributed by atoms with E-state index in [2.05, 4.69) is 4.98 Å². The largest absolute Gasteiger partial charge is 0.487 e. The number of rotatable bonds is 5. The first-order valence-corrected chi connectivity index (χ1v) is 7.32. The minimum atomic E-state index is 0.0156. The molecule has 21 heavy (non-hydrogen) atoms. The van der Waals surface area contributed by atoms with E-state index in [1.54, 1.807) is 35.8 Å². The molecule has 0 saturated carbocycles. The number of thiophene rings is 1. The topological polar surface area (TPSA) is 52.3 Å². The van der Waals surface area contributed by atoms with Crippen LogP contribution in [0, 0.1) is 0 Å². The zero-order valence-corrected chi connectivity index (χ0v) is 12.2. The summed E-state index contributed by atoms with van der Waals surface area (Å²) in [5.74, 6) is 1.26. The van der Waals surface area contributed by atoms with E-state index in [0.29, 0.717) is 29.5 Å². The fourth-order valence-electron chi connectivity index (χ4n) is 1.85. The fraction of sp³-hybridized carbons (Fsp3) is 0.125. The molecule has 0 unspecified atom stereocenters. The summed E-state index contributed by atoms with van der Waals surface area (Å²) in [5, 5.41) is 1.98. The highest BCUT2D eigenvalue weighted by Gasteiger charge is 2.08. The average Bonchev–Trinajstić information content (AvgIpc) is 3.16. The third-order valence-corrected chi connectivity index (χ3v) is 3.77. The number of hydrogen-bond donors (Lipinski definition) is 0. The number of ketones is 1. The van der Waals surface area contributed by atoms with Gasteiger partial charge in [0.2, 0.25) is 5.89 Å². The lowest BCUT2D eigenvalue weighted by molar-refractivity contribution is 0.101. The van der Waals surface area contributed by atoms with Crippen molar-refractivity contribution in [3.8, 4) is 16.5 Å². The highest BCUT2D eigenvalue weighted by molar-refractivity contribution is 7.13. The van der Waals surface area contributed by atoms with E-state index in [0.717, 1.165) is 4.88 Å². The second-order valence-corrected chi connectivity index (χ2v) is 5.44. The quantitative estimate of drug-likeness (QED) is 0.663. The maximum absolute atomic E-state index is 11.3. The van der Waals surface area contributed by atoms with Crippen molar-refractivity contribution in [3.63, 3.8) is 0 Å². The Balaban J connectivity index is 1.68. The van der Waals surface area contributed by atoms with Crippen molar-refractivity contribution in [1.82, 2.24) is 4.98 Å². The summed E-state index contributed by atoms with van der Waals surface area (Å²) in [6.07, 6.45) is 1.59. The van der Waals surface area contributed by atoms with Gasteiger partial charge in [0, 0.05) is 5.56 Å². The van der Waals surface area contributed by atoms with Crippen molar-refractivity contribution in [2.75, 3.05) is 0 Å². The van der Waals surface area contributed by atoms with Crippen LogP contribution in [0.15, 0.2) is 52.5 Å². The van der Waals surface area contributed by atoms with Crippen LogP contribution in [-0.4, -0.2) is 10.8 Å². The van der Waals surface area contributed by atoms with Gasteiger partial charge >= 0.3 is 0 Å². The number of nitrogens with zero attached hydrogens (tertiary/aromatic N) is 1. The standard InChI is InChI=1S/C16H13NO3S/c1-11(18)12-4-2-5-14(8-12)19-9-13-10-20-16(17-13)15-6-3-7-21-15/h2-8,10H,9H2,1H3. The van der Waals surface area contributed by atoms with Crippen molar-refractivity contribution < 1.29 is 13.9 Å².